The van der Waals surface area contributed by atoms with E-state index >= 15 is 0 Å². The quantitative estimate of drug-likeness (QED) is 0.534. The summed E-state index contributed by atoms with van der Waals surface area (Å²) in [6, 6.07) is 8.79. The maximum Gasteiger partial charge on any atom is 0.330 e. The van der Waals surface area contributed by atoms with Crippen molar-refractivity contribution in [3.63, 3.8) is 0 Å². The lowest BCUT2D eigenvalue weighted by atomic mass is 10.0. The highest BCUT2D eigenvalue weighted by Crippen LogP contribution is 2.26. The van der Waals surface area contributed by atoms with Crippen LogP contribution in [-0.4, -0.2) is 27.0 Å². The molecule has 8 heteroatoms. The predicted octanol–water partition coefficient (Wildman–Crippen LogP) is 4.15. The maximum absolute atomic E-state index is 13.4. The Morgan fingerprint density at radius 2 is 1.79 bits per heavy atom. The Kier molecular flexibility index (Phi) is 7.36. The number of aromatic amines is 1. The molecule has 2 N–H and O–H groups in total. The molecule has 0 atom stereocenters. The molecule has 0 fully saturated rings. The van der Waals surface area contributed by atoms with Gasteiger partial charge in [-0.3, -0.25) is 19.1 Å². The summed E-state index contributed by atoms with van der Waals surface area (Å²) < 4.78 is 7.28. The van der Waals surface area contributed by atoms with Crippen molar-refractivity contribution in [3.8, 4) is 5.75 Å². The summed E-state index contributed by atoms with van der Waals surface area (Å²) in [5, 5.41) is 2.97. The number of rotatable bonds is 8. The molecule has 0 aliphatic carbocycles. The van der Waals surface area contributed by atoms with Crippen LogP contribution in [-0.2, 0) is 6.54 Å². The first-order chi connectivity index (χ1) is 15.6. The van der Waals surface area contributed by atoms with Gasteiger partial charge in [0.25, 0.3) is 11.5 Å². The highest BCUT2D eigenvalue weighted by atomic mass is 16.5. The summed E-state index contributed by atoms with van der Waals surface area (Å²) in [7, 11) is 0. The summed E-state index contributed by atoms with van der Waals surface area (Å²) >= 11 is 0. The van der Waals surface area contributed by atoms with Crippen molar-refractivity contribution in [1.82, 2.24) is 14.5 Å². The van der Waals surface area contributed by atoms with Crippen LogP contribution >= 0.6 is 0 Å². The largest absolute Gasteiger partial charge is 0.491 e. The number of nitrogens with one attached hydrogen (secondary N) is 2. The van der Waals surface area contributed by atoms with E-state index < -0.39 is 17.2 Å². The number of carbonyl (C=O) groups is 1. The number of para-hydroxylation sites is 2. The van der Waals surface area contributed by atoms with E-state index in [-0.39, 0.29) is 28.4 Å². The zero-order chi connectivity index (χ0) is 24.3. The minimum atomic E-state index is -0.632. The van der Waals surface area contributed by atoms with Gasteiger partial charge in [-0.15, -0.1) is 0 Å². The second kappa shape index (κ2) is 10.0. The van der Waals surface area contributed by atoms with Crippen LogP contribution in [0.1, 0.15) is 63.5 Å². The smallest absolute Gasteiger partial charge is 0.330 e. The minimum Gasteiger partial charge on any atom is -0.491 e. The molecule has 0 unspecified atom stereocenters. The lowest BCUT2D eigenvalue weighted by molar-refractivity contribution is 0.102. The van der Waals surface area contributed by atoms with Gasteiger partial charge in [0.05, 0.1) is 23.2 Å². The van der Waals surface area contributed by atoms with E-state index in [1.165, 1.54) is 4.57 Å². The minimum absolute atomic E-state index is 0.00972. The SMILES string of the molecule is CC(C)COc1ccccc1NC(=O)c1cc(C(C)C)nc2c1c(=O)[nH]c(=O)n2CC(C)C. The number of hydrogen-bond donors (Lipinski definition) is 2. The van der Waals surface area contributed by atoms with E-state index in [0.29, 0.717) is 36.2 Å². The first kappa shape index (κ1) is 24.2. The van der Waals surface area contributed by atoms with E-state index in [9.17, 15) is 14.4 Å². The number of ether oxygens (including phenoxy) is 1. The average Bonchev–Trinajstić information content (AvgIpc) is 2.74. The summed E-state index contributed by atoms with van der Waals surface area (Å²) in [5.74, 6) is 0.536. The predicted molar refractivity (Wildman–Crippen MR) is 130 cm³/mol. The molecule has 0 aliphatic heterocycles. The van der Waals surface area contributed by atoms with Gasteiger partial charge < -0.3 is 10.1 Å². The number of nitrogens with zero attached hydrogens (tertiary/aromatic N) is 2. The fraction of sp³-hybridized carbons (Fsp3) is 0.440. The Labute approximate surface area is 193 Å². The number of H-pyrrole nitrogens is 1. The molecule has 3 rings (SSSR count). The fourth-order valence-electron chi connectivity index (χ4n) is 3.44. The Hall–Kier alpha value is -3.42. The van der Waals surface area contributed by atoms with Gasteiger partial charge >= 0.3 is 5.69 Å². The Morgan fingerprint density at radius 3 is 2.42 bits per heavy atom. The number of carbonyl (C=O) groups excluding carboxylic acids is 1. The normalized spacial score (nSPS) is 11.5. The van der Waals surface area contributed by atoms with Crippen LogP contribution in [0.15, 0.2) is 39.9 Å². The Bertz CT molecular complexity index is 1270. The molecule has 0 bridgehead atoms. The molecule has 3 aromatic rings. The summed E-state index contributed by atoms with van der Waals surface area (Å²) in [5.41, 5.74) is 0.352. The highest BCUT2D eigenvalue weighted by Gasteiger charge is 2.21. The third-order valence-corrected chi connectivity index (χ3v) is 5.06. The van der Waals surface area contributed by atoms with E-state index in [1.807, 2.05) is 47.6 Å². The third-order valence-electron chi connectivity index (χ3n) is 5.06. The molecule has 2 heterocycles. The maximum atomic E-state index is 13.4. The lowest BCUT2D eigenvalue weighted by Gasteiger charge is -2.17. The average molecular weight is 453 g/mol. The first-order valence-electron chi connectivity index (χ1n) is 11.3. The molecule has 0 aliphatic rings. The summed E-state index contributed by atoms with van der Waals surface area (Å²) in [4.78, 5) is 45.8. The second-order valence-electron chi connectivity index (χ2n) is 9.37. The third kappa shape index (κ3) is 5.50. The molecular weight excluding hydrogens is 420 g/mol. The molecule has 0 saturated heterocycles. The van der Waals surface area contributed by atoms with E-state index in [4.69, 9.17) is 4.74 Å². The van der Waals surface area contributed by atoms with Gasteiger partial charge in [-0.1, -0.05) is 53.7 Å². The van der Waals surface area contributed by atoms with Crippen LogP contribution in [0.3, 0.4) is 0 Å². The van der Waals surface area contributed by atoms with Crippen molar-refractivity contribution >= 4 is 22.6 Å². The Morgan fingerprint density at radius 1 is 1.09 bits per heavy atom. The molecule has 0 radical (unpaired) electrons. The van der Waals surface area contributed by atoms with Gasteiger partial charge in [0.1, 0.15) is 5.75 Å². The number of anilines is 1. The van der Waals surface area contributed by atoms with Crippen LogP contribution in [0.25, 0.3) is 11.0 Å². The van der Waals surface area contributed by atoms with Crippen molar-refractivity contribution < 1.29 is 9.53 Å². The molecule has 33 heavy (non-hydrogen) atoms. The molecular formula is C25H32N4O4. The number of aromatic nitrogens is 3. The molecule has 1 amide bonds. The molecule has 1 aromatic carbocycles. The van der Waals surface area contributed by atoms with Crippen molar-refractivity contribution in [1.29, 1.82) is 0 Å². The number of hydrogen-bond acceptors (Lipinski definition) is 5. The second-order valence-corrected chi connectivity index (χ2v) is 9.37. The number of benzene rings is 1. The zero-order valence-electron chi connectivity index (χ0n) is 20.1. The van der Waals surface area contributed by atoms with Crippen LogP contribution in [0.5, 0.6) is 5.75 Å². The fourth-order valence-corrected chi connectivity index (χ4v) is 3.44. The van der Waals surface area contributed by atoms with Gasteiger partial charge in [0, 0.05) is 12.2 Å². The topological polar surface area (TPSA) is 106 Å². The summed E-state index contributed by atoms with van der Waals surface area (Å²) in [6.07, 6.45) is 0. The molecule has 176 valence electrons. The standard InChI is InChI=1S/C25H32N4O4/c1-14(2)12-29-22-21(24(31)28-25(29)32)17(11-19(26-22)16(5)6)23(30)27-18-9-7-8-10-20(18)33-13-15(3)4/h7-11,14-16H,12-13H2,1-6H3,(H,27,30)(H,28,31,32). The van der Waals surface area contributed by atoms with E-state index in [0.717, 1.165) is 0 Å². The van der Waals surface area contributed by atoms with E-state index in [2.05, 4.69) is 15.3 Å². The van der Waals surface area contributed by atoms with Crippen molar-refractivity contribution in [2.24, 2.45) is 11.8 Å². The molecule has 0 saturated carbocycles. The van der Waals surface area contributed by atoms with Gasteiger partial charge in [-0.2, -0.15) is 0 Å². The Balaban J connectivity index is 2.16. The van der Waals surface area contributed by atoms with Crippen LogP contribution in [0.4, 0.5) is 5.69 Å². The molecule has 0 spiro atoms. The van der Waals surface area contributed by atoms with Crippen LogP contribution < -0.4 is 21.3 Å². The zero-order valence-corrected chi connectivity index (χ0v) is 20.1. The van der Waals surface area contributed by atoms with Gasteiger partial charge in [-0.25, -0.2) is 9.78 Å². The number of fused-ring (bicyclic) bond motifs is 1. The molecule has 2 aromatic heterocycles. The van der Waals surface area contributed by atoms with Crippen molar-refractivity contribution in [2.75, 3.05) is 11.9 Å². The molecule has 8 nitrogen and oxygen atoms in total. The lowest BCUT2D eigenvalue weighted by Crippen LogP contribution is -2.33. The number of amides is 1. The highest BCUT2D eigenvalue weighted by molar-refractivity contribution is 6.12. The summed E-state index contributed by atoms with van der Waals surface area (Å²) in [6.45, 7) is 12.8. The monoisotopic (exact) mass is 452 g/mol. The van der Waals surface area contributed by atoms with Crippen LogP contribution in [0.2, 0.25) is 0 Å². The van der Waals surface area contributed by atoms with Gasteiger partial charge in [0.15, 0.2) is 5.65 Å². The van der Waals surface area contributed by atoms with Gasteiger partial charge in [0.2, 0.25) is 0 Å². The van der Waals surface area contributed by atoms with Crippen LogP contribution in [0, 0.1) is 11.8 Å². The first-order valence-corrected chi connectivity index (χ1v) is 11.3. The van der Waals surface area contributed by atoms with Crippen molar-refractivity contribution in [3.05, 3.63) is 62.4 Å². The number of pyridine rings is 1. The van der Waals surface area contributed by atoms with E-state index in [1.54, 1.807) is 24.3 Å². The van der Waals surface area contributed by atoms with Crippen molar-refractivity contribution in [2.45, 2.75) is 54.0 Å². The van der Waals surface area contributed by atoms with Gasteiger partial charge in [-0.05, 0) is 36.0 Å².